The third kappa shape index (κ3) is 4.72. The average Bonchev–Trinajstić information content (AvgIpc) is 2.71. The standard InChI is InChI=1S/C13H18ClFN2O.2ClH/c1-18-5-4-17-7-10(13(16)8-17)9-2-3-11(14)12(15)6-9;;/h2-3,6,10,13H,4-5,7-8,16H2,1H3;2*1H. The van der Waals surface area contributed by atoms with Crippen molar-refractivity contribution in [1.82, 2.24) is 4.90 Å². The lowest BCUT2D eigenvalue weighted by molar-refractivity contribution is 0.160. The van der Waals surface area contributed by atoms with Gasteiger partial charge in [0.05, 0.1) is 11.6 Å². The fourth-order valence-electron chi connectivity index (χ4n) is 2.41. The summed E-state index contributed by atoms with van der Waals surface area (Å²) < 4.78 is 18.5. The molecule has 0 saturated carbocycles. The van der Waals surface area contributed by atoms with Gasteiger partial charge in [-0.15, -0.1) is 24.8 Å². The van der Waals surface area contributed by atoms with Crippen molar-refractivity contribution < 1.29 is 9.13 Å². The zero-order valence-corrected chi connectivity index (χ0v) is 13.6. The number of hydrogen-bond acceptors (Lipinski definition) is 3. The van der Waals surface area contributed by atoms with Crippen LogP contribution in [-0.2, 0) is 4.74 Å². The molecular weight excluding hydrogens is 326 g/mol. The topological polar surface area (TPSA) is 38.5 Å². The maximum atomic E-state index is 13.5. The molecule has 0 aromatic heterocycles. The molecule has 1 aliphatic rings. The van der Waals surface area contributed by atoms with Crippen molar-refractivity contribution in [2.24, 2.45) is 5.73 Å². The summed E-state index contributed by atoms with van der Waals surface area (Å²) in [4.78, 5) is 2.24. The van der Waals surface area contributed by atoms with Crippen LogP contribution in [0.3, 0.4) is 0 Å². The Kier molecular flexibility index (Phi) is 8.98. The lowest BCUT2D eigenvalue weighted by Gasteiger charge is -2.15. The lowest BCUT2D eigenvalue weighted by atomic mass is 9.95. The first kappa shape index (κ1) is 19.9. The highest BCUT2D eigenvalue weighted by atomic mass is 35.5. The Morgan fingerprint density at radius 2 is 2.10 bits per heavy atom. The molecule has 1 aromatic carbocycles. The van der Waals surface area contributed by atoms with Crippen LogP contribution in [0.25, 0.3) is 0 Å². The minimum atomic E-state index is -0.378. The van der Waals surface area contributed by atoms with Crippen molar-refractivity contribution in [3.63, 3.8) is 0 Å². The van der Waals surface area contributed by atoms with Crippen LogP contribution in [0.4, 0.5) is 4.39 Å². The van der Waals surface area contributed by atoms with Crippen molar-refractivity contribution in [2.75, 3.05) is 33.4 Å². The molecule has 2 atom stereocenters. The van der Waals surface area contributed by atoms with Crippen molar-refractivity contribution in [1.29, 1.82) is 0 Å². The molecule has 0 aliphatic carbocycles. The summed E-state index contributed by atoms with van der Waals surface area (Å²) in [5, 5.41) is 0.154. The van der Waals surface area contributed by atoms with Crippen molar-refractivity contribution in [3.8, 4) is 0 Å². The van der Waals surface area contributed by atoms with Crippen LogP contribution in [-0.4, -0.2) is 44.3 Å². The van der Waals surface area contributed by atoms with Crippen molar-refractivity contribution in [2.45, 2.75) is 12.0 Å². The summed E-state index contributed by atoms with van der Waals surface area (Å²) in [5.41, 5.74) is 7.04. The normalized spacial score (nSPS) is 22.2. The van der Waals surface area contributed by atoms with Crippen LogP contribution < -0.4 is 5.73 Å². The summed E-state index contributed by atoms with van der Waals surface area (Å²) in [6, 6.07) is 4.97. The molecule has 0 radical (unpaired) electrons. The first-order valence-corrected chi connectivity index (χ1v) is 6.41. The van der Waals surface area contributed by atoms with Gasteiger partial charge in [-0.05, 0) is 17.7 Å². The Labute approximate surface area is 136 Å². The van der Waals surface area contributed by atoms with E-state index in [1.165, 1.54) is 6.07 Å². The van der Waals surface area contributed by atoms with E-state index in [1.807, 2.05) is 6.07 Å². The molecule has 2 unspecified atom stereocenters. The molecule has 2 N–H and O–H groups in total. The molecule has 1 fully saturated rings. The van der Waals surface area contributed by atoms with Crippen LogP contribution in [0.5, 0.6) is 0 Å². The predicted molar refractivity (Wildman–Crippen MR) is 84.9 cm³/mol. The molecule has 116 valence electrons. The number of hydrogen-bond donors (Lipinski definition) is 1. The zero-order chi connectivity index (χ0) is 13.1. The van der Waals surface area contributed by atoms with Crippen LogP contribution in [0.15, 0.2) is 18.2 Å². The fraction of sp³-hybridized carbons (Fsp3) is 0.538. The van der Waals surface area contributed by atoms with Crippen molar-refractivity contribution in [3.05, 3.63) is 34.6 Å². The Balaban J connectivity index is 0.00000180. The van der Waals surface area contributed by atoms with Gasteiger partial charge in [0.25, 0.3) is 0 Å². The molecule has 3 nitrogen and oxygen atoms in total. The monoisotopic (exact) mass is 344 g/mol. The van der Waals surface area contributed by atoms with E-state index >= 15 is 0 Å². The van der Waals surface area contributed by atoms with Gasteiger partial charge in [0.1, 0.15) is 5.82 Å². The van der Waals surface area contributed by atoms with Gasteiger partial charge in [-0.3, -0.25) is 4.90 Å². The van der Waals surface area contributed by atoms with Gasteiger partial charge in [-0.25, -0.2) is 4.39 Å². The number of nitrogens with zero attached hydrogens (tertiary/aromatic N) is 1. The summed E-state index contributed by atoms with van der Waals surface area (Å²) in [6.45, 7) is 3.20. The van der Waals surface area contributed by atoms with Gasteiger partial charge >= 0.3 is 0 Å². The van der Waals surface area contributed by atoms with E-state index in [1.54, 1.807) is 13.2 Å². The van der Waals surface area contributed by atoms with Crippen LogP contribution in [0.1, 0.15) is 11.5 Å². The van der Waals surface area contributed by atoms with E-state index in [0.717, 1.165) is 25.2 Å². The van der Waals surface area contributed by atoms with Gasteiger partial charge in [0.15, 0.2) is 0 Å². The molecule has 1 aliphatic heterocycles. The highest BCUT2D eigenvalue weighted by Gasteiger charge is 2.31. The van der Waals surface area contributed by atoms with Crippen LogP contribution >= 0.6 is 36.4 Å². The Bertz CT molecular complexity index is 423. The molecule has 0 spiro atoms. The third-order valence-electron chi connectivity index (χ3n) is 3.42. The quantitative estimate of drug-likeness (QED) is 0.912. The molecule has 1 aromatic rings. The molecule has 1 heterocycles. The van der Waals surface area contributed by atoms with Gasteiger partial charge in [-0.2, -0.15) is 0 Å². The fourth-order valence-corrected chi connectivity index (χ4v) is 2.53. The van der Waals surface area contributed by atoms with E-state index in [4.69, 9.17) is 22.1 Å². The van der Waals surface area contributed by atoms with Crippen LogP contribution in [0.2, 0.25) is 5.02 Å². The van der Waals surface area contributed by atoms with Gasteiger partial charge in [0, 0.05) is 38.7 Å². The van der Waals surface area contributed by atoms with E-state index in [0.29, 0.717) is 6.61 Å². The summed E-state index contributed by atoms with van der Waals surface area (Å²) in [6.07, 6.45) is 0. The van der Waals surface area contributed by atoms with E-state index in [9.17, 15) is 4.39 Å². The number of nitrogens with two attached hydrogens (primary N) is 1. The molecule has 20 heavy (non-hydrogen) atoms. The molecule has 2 rings (SSSR count). The van der Waals surface area contributed by atoms with Gasteiger partial charge in [0.2, 0.25) is 0 Å². The predicted octanol–water partition coefficient (Wildman–Crippen LogP) is 2.70. The summed E-state index contributed by atoms with van der Waals surface area (Å²) in [7, 11) is 1.68. The molecule has 7 heteroatoms. The maximum absolute atomic E-state index is 13.5. The van der Waals surface area contributed by atoms with Gasteiger partial charge in [-0.1, -0.05) is 17.7 Å². The number of benzene rings is 1. The van der Waals surface area contributed by atoms with E-state index in [-0.39, 0.29) is 47.6 Å². The third-order valence-corrected chi connectivity index (χ3v) is 3.73. The number of likely N-dealkylation sites (tertiary alicyclic amines) is 1. The molecule has 0 amide bonds. The van der Waals surface area contributed by atoms with E-state index in [2.05, 4.69) is 4.90 Å². The largest absolute Gasteiger partial charge is 0.383 e. The molecule has 0 bridgehead atoms. The second-order valence-corrected chi connectivity index (χ2v) is 5.10. The van der Waals surface area contributed by atoms with Crippen molar-refractivity contribution >= 4 is 36.4 Å². The number of rotatable bonds is 4. The lowest BCUT2D eigenvalue weighted by Crippen LogP contribution is -2.30. The van der Waals surface area contributed by atoms with Crippen LogP contribution in [0, 0.1) is 5.82 Å². The second-order valence-electron chi connectivity index (χ2n) is 4.70. The van der Waals surface area contributed by atoms with E-state index < -0.39 is 0 Å². The highest BCUT2D eigenvalue weighted by Crippen LogP contribution is 2.28. The Morgan fingerprint density at radius 1 is 1.40 bits per heavy atom. The Hall–Kier alpha value is -0.100. The molecular formula is C13H20Cl3FN2O. The minimum absolute atomic E-state index is 0. The SMILES string of the molecule is COCCN1CC(N)C(c2ccc(Cl)c(F)c2)C1.Cl.Cl. The summed E-state index contributed by atoms with van der Waals surface area (Å²) in [5.74, 6) is -0.217. The van der Waals surface area contributed by atoms with Gasteiger partial charge < -0.3 is 10.5 Å². The maximum Gasteiger partial charge on any atom is 0.142 e. The zero-order valence-electron chi connectivity index (χ0n) is 11.2. The average molecular weight is 346 g/mol. The number of ether oxygens (including phenoxy) is 1. The minimum Gasteiger partial charge on any atom is -0.383 e. The first-order chi connectivity index (χ1) is 8.61. The summed E-state index contributed by atoms with van der Waals surface area (Å²) >= 11 is 5.69. The number of halogens is 4. The smallest absolute Gasteiger partial charge is 0.142 e. The molecule has 1 saturated heterocycles. The highest BCUT2D eigenvalue weighted by molar-refractivity contribution is 6.30. The Morgan fingerprint density at radius 3 is 2.70 bits per heavy atom. The second kappa shape index (κ2) is 9.03. The number of methoxy groups -OCH3 is 1. The first-order valence-electron chi connectivity index (χ1n) is 6.03.